The predicted octanol–water partition coefficient (Wildman–Crippen LogP) is 3.83. The van der Waals surface area contributed by atoms with Gasteiger partial charge in [0.05, 0.1) is 12.4 Å². The molecule has 0 spiro atoms. The molecule has 0 bridgehead atoms. The minimum Gasteiger partial charge on any atom is -0.360 e. The SMILES string of the molecule is CC(Nc1ncnc2nc[nH]c12)c1cc2ccccc2c(=O)n1-c1ccccc1. The number of rotatable bonds is 4. The second-order valence-electron chi connectivity index (χ2n) is 6.82. The summed E-state index contributed by atoms with van der Waals surface area (Å²) in [4.78, 5) is 29.1. The van der Waals surface area contributed by atoms with Crippen molar-refractivity contribution in [2.75, 3.05) is 5.32 Å². The number of anilines is 1. The molecule has 0 aliphatic carbocycles. The topological polar surface area (TPSA) is 88.5 Å². The third-order valence-corrected chi connectivity index (χ3v) is 4.99. The fourth-order valence-corrected chi connectivity index (χ4v) is 3.59. The summed E-state index contributed by atoms with van der Waals surface area (Å²) in [6.45, 7) is 2.01. The van der Waals surface area contributed by atoms with Crippen LogP contribution in [-0.2, 0) is 0 Å². The molecule has 5 rings (SSSR count). The van der Waals surface area contributed by atoms with E-state index in [0.29, 0.717) is 16.9 Å². The highest BCUT2D eigenvalue weighted by molar-refractivity contribution is 5.84. The Bertz CT molecular complexity index is 1370. The maximum absolute atomic E-state index is 13.4. The molecule has 0 saturated carbocycles. The van der Waals surface area contributed by atoms with Crippen LogP contribution in [0.5, 0.6) is 0 Å². The summed E-state index contributed by atoms with van der Waals surface area (Å²) in [5, 5.41) is 5.00. The molecule has 0 aliphatic rings. The molecule has 0 radical (unpaired) electrons. The van der Waals surface area contributed by atoms with E-state index in [1.807, 2.05) is 67.6 Å². The monoisotopic (exact) mass is 382 g/mol. The van der Waals surface area contributed by atoms with Crippen LogP contribution in [0.25, 0.3) is 27.6 Å². The fraction of sp³-hybridized carbons (Fsp3) is 0.0909. The van der Waals surface area contributed by atoms with Gasteiger partial charge in [0.15, 0.2) is 11.5 Å². The van der Waals surface area contributed by atoms with Crippen LogP contribution in [0, 0.1) is 0 Å². The van der Waals surface area contributed by atoms with Crippen molar-refractivity contribution >= 4 is 27.8 Å². The lowest BCUT2D eigenvalue weighted by Gasteiger charge is -2.21. The van der Waals surface area contributed by atoms with Crippen LogP contribution in [0.15, 0.2) is 78.1 Å². The molecule has 0 amide bonds. The lowest BCUT2D eigenvalue weighted by molar-refractivity contribution is 0.774. The Hall–Kier alpha value is -4.00. The number of imidazole rings is 1. The van der Waals surface area contributed by atoms with Crippen LogP contribution >= 0.6 is 0 Å². The number of H-pyrrole nitrogens is 1. The standard InChI is InChI=1S/C22H18N6O/c1-14(27-21-19-20(24-12-23-19)25-13-26-21)18-11-15-7-5-6-10-17(15)22(29)28(18)16-8-3-2-4-9-16/h2-14H,1H3,(H2,23,24,25,26,27). The summed E-state index contributed by atoms with van der Waals surface area (Å²) in [7, 11) is 0. The molecule has 142 valence electrons. The fourth-order valence-electron chi connectivity index (χ4n) is 3.59. The first-order valence-electron chi connectivity index (χ1n) is 9.33. The summed E-state index contributed by atoms with van der Waals surface area (Å²) in [5.74, 6) is 0.639. The number of pyridine rings is 1. The van der Waals surface area contributed by atoms with Crippen molar-refractivity contribution in [1.29, 1.82) is 0 Å². The van der Waals surface area contributed by atoms with Crippen molar-refractivity contribution in [3.8, 4) is 5.69 Å². The van der Waals surface area contributed by atoms with E-state index in [1.54, 1.807) is 10.9 Å². The molecule has 7 heteroatoms. The second-order valence-corrected chi connectivity index (χ2v) is 6.82. The van der Waals surface area contributed by atoms with Crippen molar-refractivity contribution in [2.24, 2.45) is 0 Å². The number of hydrogen-bond acceptors (Lipinski definition) is 5. The Morgan fingerprint density at radius 3 is 2.66 bits per heavy atom. The van der Waals surface area contributed by atoms with Gasteiger partial charge in [0.1, 0.15) is 11.8 Å². The maximum Gasteiger partial charge on any atom is 0.263 e. The average Bonchev–Trinajstić information content (AvgIpc) is 3.24. The molecule has 0 saturated heterocycles. The van der Waals surface area contributed by atoms with Crippen LogP contribution in [-0.4, -0.2) is 24.5 Å². The first-order chi connectivity index (χ1) is 14.2. The van der Waals surface area contributed by atoms with Crippen LogP contribution < -0.4 is 10.9 Å². The third kappa shape index (κ3) is 2.93. The average molecular weight is 382 g/mol. The first kappa shape index (κ1) is 17.1. The number of nitrogens with zero attached hydrogens (tertiary/aromatic N) is 4. The van der Waals surface area contributed by atoms with Gasteiger partial charge in [-0.05, 0) is 36.6 Å². The molecule has 29 heavy (non-hydrogen) atoms. The zero-order valence-corrected chi connectivity index (χ0v) is 15.7. The number of hydrogen-bond donors (Lipinski definition) is 2. The third-order valence-electron chi connectivity index (χ3n) is 4.99. The molecule has 3 heterocycles. The molecule has 1 atom stereocenters. The molecule has 5 aromatic rings. The molecule has 0 fully saturated rings. The van der Waals surface area contributed by atoms with E-state index in [4.69, 9.17) is 0 Å². The van der Waals surface area contributed by atoms with E-state index >= 15 is 0 Å². The quantitative estimate of drug-likeness (QED) is 0.493. The smallest absolute Gasteiger partial charge is 0.263 e. The number of benzene rings is 2. The van der Waals surface area contributed by atoms with Crippen LogP contribution in [0.3, 0.4) is 0 Å². The number of aromatic amines is 1. The van der Waals surface area contributed by atoms with Crippen LogP contribution in [0.4, 0.5) is 5.82 Å². The summed E-state index contributed by atoms with van der Waals surface area (Å²) in [6, 6.07) is 19.2. The first-order valence-corrected chi connectivity index (χ1v) is 9.33. The highest BCUT2D eigenvalue weighted by Crippen LogP contribution is 2.25. The van der Waals surface area contributed by atoms with E-state index in [-0.39, 0.29) is 11.6 Å². The van der Waals surface area contributed by atoms with Crippen molar-refractivity contribution in [3.63, 3.8) is 0 Å². The van der Waals surface area contributed by atoms with Gasteiger partial charge < -0.3 is 10.3 Å². The molecule has 2 aromatic carbocycles. The molecule has 1 unspecified atom stereocenters. The summed E-state index contributed by atoms with van der Waals surface area (Å²) in [5.41, 5.74) is 2.93. The van der Waals surface area contributed by atoms with Crippen molar-refractivity contribution < 1.29 is 0 Å². The minimum absolute atomic E-state index is 0.0488. The summed E-state index contributed by atoms with van der Waals surface area (Å²) < 4.78 is 1.76. The van der Waals surface area contributed by atoms with Gasteiger partial charge >= 0.3 is 0 Å². The number of fused-ring (bicyclic) bond motifs is 2. The Labute approximate surface area is 166 Å². The van der Waals surface area contributed by atoms with Crippen molar-refractivity contribution in [2.45, 2.75) is 13.0 Å². The van der Waals surface area contributed by atoms with Gasteiger partial charge in [0.25, 0.3) is 5.56 Å². The van der Waals surface area contributed by atoms with Gasteiger partial charge in [-0.2, -0.15) is 0 Å². The van der Waals surface area contributed by atoms with Crippen molar-refractivity contribution in [1.82, 2.24) is 24.5 Å². The Morgan fingerprint density at radius 1 is 1.00 bits per heavy atom. The second kappa shape index (κ2) is 6.87. The van der Waals surface area contributed by atoms with Gasteiger partial charge in [-0.3, -0.25) is 9.36 Å². The molecule has 0 aliphatic heterocycles. The minimum atomic E-state index is -0.200. The van der Waals surface area contributed by atoms with Gasteiger partial charge in [0, 0.05) is 16.8 Å². The molecule has 2 N–H and O–H groups in total. The summed E-state index contributed by atoms with van der Waals surface area (Å²) >= 11 is 0. The Kier molecular flexibility index (Phi) is 4.05. The zero-order chi connectivity index (χ0) is 19.8. The van der Waals surface area contributed by atoms with Gasteiger partial charge in [-0.1, -0.05) is 36.4 Å². The number of aromatic nitrogens is 5. The van der Waals surface area contributed by atoms with E-state index < -0.39 is 0 Å². The van der Waals surface area contributed by atoms with Crippen LogP contribution in [0.2, 0.25) is 0 Å². The molecular formula is C22H18N6O. The molecule has 7 nitrogen and oxygen atoms in total. The summed E-state index contributed by atoms with van der Waals surface area (Å²) in [6.07, 6.45) is 3.06. The normalized spacial score (nSPS) is 12.3. The Morgan fingerprint density at radius 2 is 1.79 bits per heavy atom. The molecule has 3 aromatic heterocycles. The van der Waals surface area contributed by atoms with E-state index in [1.165, 1.54) is 6.33 Å². The predicted molar refractivity (Wildman–Crippen MR) is 113 cm³/mol. The van der Waals surface area contributed by atoms with Gasteiger partial charge in [-0.25, -0.2) is 15.0 Å². The van der Waals surface area contributed by atoms with Gasteiger partial charge in [0.2, 0.25) is 0 Å². The zero-order valence-electron chi connectivity index (χ0n) is 15.7. The highest BCUT2D eigenvalue weighted by atomic mass is 16.1. The highest BCUT2D eigenvalue weighted by Gasteiger charge is 2.18. The number of nitrogens with one attached hydrogen (secondary N) is 2. The van der Waals surface area contributed by atoms with E-state index in [9.17, 15) is 4.79 Å². The Balaban J connectivity index is 1.69. The molecular weight excluding hydrogens is 364 g/mol. The van der Waals surface area contributed by atoms with Crippen molar-refractivity contribution in [3.05, 3.63) is 89.4 Å². The van der Waals surface area contributed by atoms with E-state index in [0.717, 1.165) is 22.3 Å². The maximum atomic E-state index is 13.4. The largest absolute Gasteiger partial charge is 0.360 e. The number of para-hydroxylation sites is 1. The van der Waals surface area contributed by atoms with E-state index in [2.05, 4.69) is 25.3 Å². The lowest BCUT2D eigenvalue weighted by atomic mass is 10.1. The lowest BCUT2D eigenvalue weighted by Crippen LogP contribution is -2.25. The van der Waals surface area contributed by atoms with Crippen LogP contribution in [0.1, 0.15) is 18.7 Å². The van der Waals surface area contributed by atoms with Gasteiger partial charge in [-0.15, -0.1) is 0 Å².